The zero-order valence-electron chi connectivity index (χ0n) is 12.7. The summed E-state index contributed by atoms with van der Waals surface area (Å²) in [5, 5.41) is 8.11. The molecule has 1 aliphatic heterocycles. The highest BCUT2D eigenvalue weighted by Gasteiger charge is 2.66. The van der Waals surface area contributed by atoms with Crippen molar-refractivity contribution in [2.45, 2.75) is 51.0 Å². The molecule has 1 saturated heterocycles. The van der Waals surface area contributed by atoms with Crippen LogP contribution in [-0.2, 0) is 12.0 Å². The summed E-state index contributed by atoms with van der Waals surface area (Å²) >= 11 is 0. The van der Waals surface area contributed by atoms with Crippen molar-refractivity contribution >= 4 is 5.78 Å². The first-order chi connectivity index (χ1) is 10.1. The number of Topliss-reactive ketones (excluding diaryl/α,β-unsaturated/α-hetero) is 1. The molecule has 0 radical (unpaired) electrons. The van der Waals surface area contributed by atoms with Crippen LogP contribution in [0, 0.1) is 17.3 Å². The van der Waals surface area contributed by atoms with E-state index in [2.05, 4.69) is 22.0 Å². The number of hydrogen-bond donors (Lipinski definition) is 1. The Morgan fingerprint density at radius 2 is 2.05 bits per heavy atom. The van der Waals surface area contributed by atoms with Gasteiger partial charge in [-0.05, 0) is 62.4 Å². The molecule has 21 heavy (non-hydrogen) atoms. The fraction of sp³-hybridized carbons (Fsp3) is 0.765. The first-order valence-corrected chi connectivity index (χ1v) is 8.45. The minimum absolute atomic E-state index is 0.201. The highest BCUT2D eigenvalue weighted by atomic mass is 16.1. The van der Waals surface area contributed by atoms with E-state index in [-0.39, 0.29) is 11.0 Å². The molecule has 1 atom stereocenters. The molecule has 0 aromatic carbocycles. The van der Waals surface area contributed by atoms with Crippen molar-refractivity contribution in [1.82, 2.24) is 15.1 Å². The van der Waals surface area contributed by atoms with E-state index >= 15 is 0 Å². The van der Waals surface area contributed by atoms with Crippen LogP contribution in [0.2, 0.25) is 0 Å². The molecule has 1 spiro atoms. The van der Waals surface area contributed by atoms with E-state index in [4.69, 9.17) is 0 Å². The summed E-state index contributed by atoms with van der Waals surface area (Å²) in [7, 11) is 0. The Kier molecular flexibility index (Phi) is 2.23. The first kappa shape index (κ1) is 12.4. The maximum atomic E-state index is 12.9. The zero-order valence-corrected chi connectivity index (χ0v) is 12.7. The minimum atomic E-state index is 0.201. The monoisotopic (exact) mass is 285 g/mol. The van der Waals surface area contributed by atoms with Crippen molar-refractivity contribution in [2.75, 3.05) is 13.1 Å². The van der Waals surface area contributed by atoms with E-state index in [1.165, 1.54) is 18.4 Å². The maximum Gasteiger partial charge on any atom is 0.181 e. The van der Waals surface area contributed by atoms with Gasteiger partial charge in [0.25, 0.3) is 0 Å². The van der Waals surface area contributed by atoms with Gasteiger partial charge in [-0.1, -0.05) is 6.92 Å². The molecule has 112 valence electrons. The van der Waals surface area contributed by atoms with Crippen LogP contribution in [0.5, 0.6) is 0 Å². The molecule has 0 unspecified atom stereocenters. The SMILES string of the molecule is C[C@H]1C2CC1(n1ncc3c1C(=O)CC1(CCNCC1)C3)C2. The van der Waals surface area contributed by atoms with E-state index in [0.29, 0.717) is 11.7 Å². The van der Waals surface area contributed by atoms with Crippen LogP contribution in [0.1, 0.15) is 55.1 Å². The smallest absolute Gasteiger partial charge is 0.181 e. The fourth-order valence-corrected chi connectivity index (χ4v) is 5.41. The van der Waals surface area contributed by atoms with Crippen LogP contribution >= 0.6 is 0 Å². The van der Waals surface area contributed by atoms with Gasteiger partial charge >= 0.3 is 0 Å². The molecule has 3 saturated carbocycles. The van der Waals surface area contributed by atoms with Gasteiger partial charge in [0.2, 0.25) is 0 Å². The summed E-state index contributed by atoms with van der Waals surface area (Å²) in [5.74, 6) is 1.95. The van der Waals surface area contributed by atoms with Crippen LogP contribution in [0.4, 0.5) is 0 Å². The molecule has 5 aliphatic rings. The van der Waals surface area contributed by atoms with Crippen molar-refractivity contribution in [1.29, 1.82) is 0 Å². The average molecular weight is 285 g/mol. The highest BCUT2D eigenvalue weighted by Crippen LogP contribution is 2.66. The summed E-state index contributed by atoms with van der Waals surface area (Å²) in [6, 6.07) is 0. The van der Waals surface area contributed by atoms with E-state index in [1.54, 1.807) is 0 Å². The number of nitrogens with one attached hydrogen (secondary N) is 1. The van der Waals surface area contributed by atoms with Crippen LogP contribution < -0.4 is 5.32 Å². The van der Waals surface area contributed by atoms with Crippen molar-refractivity contribution < 1.29 is 4.79 Å². The molecule has 1 aromatic rings. The van der Waals surface area contributed by atoms with Gasteiger partial charge in [0.15, 0.2) is 5.78 Å². The molecule has 0 amide bonds. The Bertz CT molecular complexity index is 620. The van der Waals surface area contributed by atoms with E-state index in [0.717, 1.165) is 50.4 Å². The van der Waals surface area contributed by atoms with Crippen molar-refractivity contribution in [3.05, 3.63) is 17.5 Å². The second-order valence-corrected chi connectivity index (χ2v) is 8.02. The quantitative estimate of drug-likeness (QED) is 0.860. The molecule has 4 nitrogen and oxygen atoms in total. The molecular weight excluding hydrogens is 262 g/mol. The Labute approximate surface area is 125 Å². The normalized spacial score (nSPS) is 39.6. The van der Waals surface area contributed by atoms with Crippen LogP contribution in [-0.4, -0.2) is 28.7 Å². The molecular formula is C17H23N3O. The second kappa shape index (κ2) is 3.78. The topological polar surface area (TPSA) is 46.9 Å². The molecule has 1 N–H and O–H groups in total. The lowest BCUT2D eigenvalue weighted by atomic mass is 9.43. The van der Waals surface area contributed by atoms with Crippen molar-refractivity contribution in [2.24, 2.45) is 17.3 Å². The van der Waals surface area contributed by atoms with Crippen molar-refractivity contribution in [3.63, 3.8) is 0 Å². The summed E-state index contributed by atoms with van der Waals surface area (Å²) < 4.78 is 2.14. The molecule has 2 bridgehead atoms. The predicted octanol–water partition coefficient (Wildman–Crippen LogP) is 2.14. The third-order valence-corrected chi connectivity index (χ3v) is 7.08. The van der Waals surface area contributed by atoms with Gasteiger partial charge in [-0.2, -0.15) is 5.10 Å². The summed E-state index contributed by atoms with van der Waals surface area (Å²) in [5.41, 5.74) is 2.61. The molecule has 4 heteroatoms. The summed E-state index contributed by atoms with van der Waals surface area (Å²) in [4.78, 5) is 12.9. The van der Waals surface area contributed by atoms with Gasteiger partial charge in [-0.25, -0.2) is 0 Å². The molecule has 1 aromatic heterocycles. The van der Waals surface area contributed by atoms with Crippen LogP contribution in [0.25, 0.3) is 0 Å². The number of ketones is 1. The highest BCUT2D eigenvalue weighted by molar-refractivity contribution is 5.97. The standard InChI is InChI=1S/C17H23N3O/c1-11-12-7-17(11,8-12)20-15-13(10-19-20)6-16(9-14(15)21)2-4-18-5-3-16/h10-12,18H,2-9H2,1H3/t11-,12?,17?/m0/s1. The van der Waals surface area contributed by atoms with Gasteiger partial charge in [0, 0.05) is 12.0 Å². The lowest BCUT2D eigenvalue weighted by Gasteiger charge is -2.67. The number of aromatic nitrogens is 2. The minimum Gasteiger partial charge on any atom is -0.317 e. The van der Waals surface area contributed by atoms with Crippen molar-refractivity contribution in [3.8, 4) is 0 Å². The number of rotatable bonds is 1. The second-order valence-electron chi connectivity index (χ2n) is 8.02. The Hall–Kier alpha value is -1.16. The Morgan fingerprint density at radius 1 is 1.29 bits per heavy atom. The predicted molar refractivity (Wildman–Crippen MR) is 79.3 cm³/mol. The average Bonchev–Trinajstić information content (AvgIpc) is 2.81. The zero-order chi connectivity index (χ0) is 14.2. The number of nitrogens with zero attached hydrogens (tertiary/aromatic N) is 2. The Balaban J connectivity index is 1.53. The van der Waals surface area contributed by atoms with Crippen LogP contribution in [0.15, 0.2) is 6.20 Å². The third kappa shape index (κ3) is 1.40. The molecule has 4 aliphatic carbocycles. The van der Waals surface area contributed by atoms with Gasteiger partial charge in [0.1, 0.15) is 5.69 Å². The largest absolute Gasteiger partial charge is 0.317 e. The lowest BCUT2D eigenvalue weighted by molar-refractivity contribution is -0.170. The van der Waals surface area contributed by atoms with E-state index < -0.39 is 0 Å². The number of carbonyl (C=O) groups excluding carboxylic acids is 1. The number of piperidine rings is 1. The Morgan fingerprint density at radius 3 is 2.67 bits per heavy atom. The summed E-state index contributed by atoms with van der Waals surface area (Å²) in [6.45, 7) is 4.44. The van der Waals surface area contributed by atoms with Gasteiger partial charge in [-0.3, -0.25) is 9.48 Å². The molecule has 6 rings (SSSR count). The fourth-order valence-electron chi connectivity index (χ4n) is 5.41. The first-order valence-electron chi connectivity index (χ1n) is 8.45. The van der Waals surface area contributed by atoms with Gasteiger partial charge in [-0.15, -0.1) is 0 Å². The summed E-state index contributed by atoms with van der Waals surface area (Å²) in [6.07, 6.45) is 8.55. The lowest BCUT2D eigenvalue weighted by Crippen LogP contribution is -2.67. The van der Waals surface area contributed by atoms with Gasteiger partial charge in [0.05, 0.1) is 11.7 Å². The maximum absolute atomic E-state index is 12.9. The number of hydrogen-bond acceptors (Lipinski definition) is 3. The van der Waals surface area contributed by atoms with Gasteiger partial charge < -0.3 is 5.32 Å². The number of fused-ring (bicyclic) bond motifs is 1. The molecule has 4 fully saturated rings. The van der Waals surface area contributed by atoms with E-state index in [1.807, 2.05) is 6.20 Å². The molecule has 2 heterocycles. The van der Waals surface area contributed by atoms with E-state index in [9.17, 15) is 4.79 Å². The number of carbonyl (C=O) groups is 1. The van der Waals surface area contributed by atoms with Crippen LogP contribution in [0.3, 0.4) is 0 Å². The third-order valence-electron chi connectivity index (χ3n) is 7.08.